The van der Waals surface area contributed by atoms with E-state index in [0.29, 0.717) is 16.8 Å². The van der Waals surface area contributed by atoms with Gasteiger partial charge >= 0.3 is 6.18 Å². The molecule has 0 spiro atoms. The fraction of sp³-hybridized carbons (Fsp3) is 0.214. The van der Waals surface area contributed by atoms with E-state index in [4.69, 9.17) is 4.74 Å². The third-order valence-electron chi connectivity index (χ3n) is 3.12. The fourth-order valence-corrected chi connectivity index (χ4v) is 2.03. The molecule has 120 valence electrons. The molecule has 1 N–H and O–H groups in total. The molecule has 2 aromatic heterocycles. The van der Waals surface area contributed by atoms with Crippen LogP contribution < -0.4 is 10.1 Å². The lowest BCUT2D eigenvalue weighted by Crippen LogP contribution is -2.13. The van der Waals surface area contributed by atoms with Crippen molar-refractivity contribution in [3.05, 3.63) is 47.8 Å². The number of hydrogen-bond donors (Lipinski definition) is 1. The van der Waals surface area contributed by atoms with Crippen LogP contribution in [0, 0.1) is 0 Å². The SMILES string of the molecule is COc1cccc(CNc2ccc3nnc(C(F)(F)F)n3n2)c1. The molecule has 0 amide bonds. The van der Waals surface area contributed by atoms with Crippen molar-refractivity contribution in [2.75, 3.05) is 12.4 Å². The summed E-state index contributed by atoms with van der Waals surface area (Å²) in [5, 5.41) is 13.4. The van der Waals surface area contributed by atoms with Crippen molar-refractivity contribution in [3.8, 4) is 5.75 Å². The lowest BCUT2D eigenvalue weighted by atomic mass is 10.2. The number of fused-ring (bicyclic) bond motifs is 1. The molecular formula is C14H12F3N5O. The second-order valence-electron chi connectivity index (χ2n) is 4.72. The Bertz CT molecular complexity index is 831. The second kappa shape index (κ2) is 5.75. The van der Waals surface area contributed by atoms with Crippen LogP contribution in [0.4, 0.5) is 19.0 Å². The molecular weight excluding hydrogens is 311 g/mol. The van der Waals surface area contributed by atoms with Gasteiger partial charge in [0.25, 0.3) is 5.82 Å². The third kappa shape index (κ3) is 3.17. The predicted molar refractivity (Wildman–Crippen MR) is 76.1 cm³/mol. The summed E-state index contributed by atoms with van der Waals surface area (Å²) in [6, 6.07) is 10.3. The van der Waals surface area contributed by atoms with Crippen molar-refractivity contribution in [2.45, 2.75) is 12.7 Å². The molecule has 0 atom stereocenters. The van der Waals surface area contributed by atoms with Gasteiger partial charge in [-0.15, -0.1) is 15.3 Å². The molecule has 9 heteroatoms. The highest BCUT2D eigenvalue weighted by molar-refractivity contribution is 5.44. The van der Waals surface area contributed by atoms with Crippen LogP contribution in [-0.4, -0.2) is 26.9 Å². The molecule has 2 heterocycles. The topological polar surface area (TPSA) is 64.3 Å². The van der Waals surface area contributed by atoms with E-state index in [2.05, 4.69) is 20.6 Å². The monoisotopic (exact) mass is 323 g/mol. The van der Waals surface area contributed by atoms with Gasteiger partial charge < -0.3 is 10.1 Å². The van der Waals surface area contributed by atoms with Gasteiger partial charge in [0.05, 0.1) is 7.11 Å². The average molecular weight is 323 g/mol. The Morgan fingerprint density at radius 1 is 1.17 bits per heavy atom. The van der Waals surface area contributed by atoms with E-state index in [0.717, 1.165) is 5.56 Å². The lowest BCUT2D eigenvalue weighted by molar-refractivity contribution is -0.146. The number of methoxy groups -OCH3 is 1. The van der Waals surface area contributed by atoms with Crippen molar-refractivity contribution in [2.24, 2.45) is 0 Å². The number of halogens is 3. The summed E-state index contributed by atoms with van der Waals surface area (Å²) in [5.41, 5.74) is 0.940. The lowest BCUT2D eigenvalue weighted by Gasteiger charge is -2.08. The molecule has 0 aliphatic rings. The van der Waals surface area contributed by atoms with Gasteiger partial charge in [-0.05, 0) is 29.8 Å². The molecule has 0 radical (unpaired) electrons. The van der Waals surface area contributed by atoms with Gasteiger partial charge in [0.2, 0.25) is 0 Å². The summed E-state index contributed by atoms with van der Waals surface area (Å²) in [5.74, 6) is -0.172. The van der Waals surface area contributed by atoms with Gasteiger partial charge in [-0.1, -0.05) is 12.1 Å². The van der Waals surface area contributed by atoms with Crippen LogP contribution in [0.2, 0.25) is 0 Å². The summed E-state index contributed by atoms with van der Waals surface area (Å²) in [6.45, 7) is 0.388. The molecule has 0 unspecified atom stereocenters. The van der Waals surface area contributed by atoms with Crippen LogP contribution >= 0.6 is 0 Å². The molecule has 3 aromatic rings. The molecule has 23 heavy (non-hydrogen) atoms. The number of ether oxygens (including phenoxy) is 1. The number of benzene rings is 1. The highest BCUT2D eigenvalue weighted by Crippen LogP contribution is 2.27. The fourth-order valence-electron chi connectivity index (χ4n) is 2.03. The summed E-state index contributed by atoms with van der Waals surface area (Å²) in [6.07, 6.45) is -4.61. The standard InChI is InChI=1S/C14H12F3N5O/c1-23-10-4-2-3-9(7-10)8-18-11-5-6-12-19-20-13(14(15,16)17)22(12)21-11/h2-7H,8H2,1H3,(H,18,21). The number of nitrogens with one attached hydrogen (secondary N) is 1. The maximum atomic E-state index is 12.8. The maximum Gasteiger partial charge on any atom is 0.453 e. The normalized spacial score (nSPS) is 11.7. The van der Waals surface area contributed by atoms with Crippen LogP contribution in [0.3, 0.4) is 0 Å². The van der Waals surface area contributed by atoms with Crippen molar-refractivity contribution in [3.63, 3.8) is 0 Å². The molecule has 0 aliphatic carbocycles. The van der Waals surface area contributed by atoms with Gasteiger partial charge in [-0.2, -0.15) is 17.7 Å². The van der Waals surface area contributed by atoms with Crippen molar-refractivity contribution in [1.29, 1.82) is 0 Å². The number of nitrogens with zero attached hydrogens (tertiary/aromatic N) is 4. The van der Waals surface area contributed by atoms with E-state index < -0.39 is 12.0 Å². The molecule has 0 saturated carbocycles. The zero-order valence-electron chi connectivity index (χ0n) is 12.0. The first-order chi connectivity index (χ1) is 11.0. The minimum Gasteiger partial charge on any atom is -0.497 e. The Morgan fingerprint density at radius 3 is 2.74 bits per heavy atom. The summed E-state index contributed by atoms with van der Waals surface area (Å²) < 4.78 is 44.3. The second-order valence-corrected chi connectivity index (χ2v) is 4.72. The first-order valence-electron chi connectivity index (χ1n) is 6.64. The maximum absolute atomic E-state index is 12.8. The van der Waals surface area contributed by atoms with E-state index in [1.165, 1.54) is 6.07 Å². The first-order valence-corrected chi connectivity index (χ1v) is 6.64. The number of hydrogen-bond acceptors (Lipinski definition) is 5. The van der Waals surface area contributed by atoms with Gasteiger partial charge in [0.1, 0.15) is 11.6 Å². The smallest absolute Gasteiger partial charge is 0.453 e. The molecule has 0 bridgehead atoms. The number of alkyl halides is 3. The van der Waals surface area contributed by atoms with Gasteiger partial charge in [-0.25, -0.2) is 0 Å². The van der Waals surface area contributed by atoms with Crippen LogP contribution in [0.15, 0.2) is 36.4 Å². The van der Waals surface area contributed by atoms with E-state index >= 15 is 0 Å². The largest absolute Gasteiger partial charge is 0.497 e. The Hall–Kier alpha value is -2.84. The molecule has 3 rings (SSSR count). The molecule has 0 saturated heterocycles. The minimum absolute atomic E-state index is 0.0317. The highest BCUT2D eigenvalue weighted by atomic mass is 19.4. The Morgan fingerprint density at radius 2 is 2.00 bits per heavy atom. The minimum atomic E-state index is -4.61. The zero-order valence-corrected chi connectivity index (χ0v) is 12.0. The molecule has 0 aliphatic heterocycles. The number of rotatable bonds is 4. The van der Waals surface area contributed by atoms with E-state index in [1.54, 1.807) is 19.2 Å². The number of aromatic nitrogens is 4. The van der Waals surface area contributed by atoms with Gasteiger partial charge in [0.15, 0.2) is 5.65 Å². The van der Waals surface area contributed by atoms with Gasteiger partial charge in [0, 0.05) is 6.54 Å². The van der Waals surface area contributed by atoms with Crippen LogP contribution in [0.25, 0.3) is 5.65 Å². The Labute approximate surface area is 128 Å². The predicted octanol–water partition coefficient (Wildman–Crippen LogP) is 2.76. The van der Waals surface area contributed by atoms with Crippen LogP contribution in [0.1, 0.15) is 11.4 Å². The summed E-state index contributed by atoms with van der Waals surface area (Å²) >= 11 is 0. The third-order valence-corrected chi connectivity index (χ3v) is 3.12. The van der Waals surface area contributed by atoms with E-state index in [9.17, 15) is 13.2 Å². The van der Waals surface area contributed by atoms with Crippen LogP contribution in [-0.2, 0) is 12.7 Å². The Kier molecular flexibility index (Phi) is 3.77. The van der Waals surface area contributed by atoms with Crippen molar-refractivity contribution in [1.82, 2.24) is 19.8 Å². The van der Waals surface area contributed by atoms with Crippen LogP contribution in [0.5, 0.6) is 5.75 Å². The quantitative estimate of drug-likeness (QED) is 0.800. The molecule has 6 nitrogen and oxygen atoms in total. The summed E-state index contributed by atoms with van der Waals surface area (Å²) in [7, 11) is 1.56. The van der Waals surface area contributed by atoms with Crippen molar-refractivity contribution >= 4 is 11.5 Å². The van der Waals surface area contributed by atoms with Gasteiger partial charge in [-0.3, -0.25) is 0 Å². The van der Waals surface area contributed by atoms with E-state index in [-0.39, 0.29) is 11.5 Å². The summed E-state index contributed by atoms with van der Waals surface area (Å²) in [4.78, 5) is 0. The van der Waals surface area contributed by atoms with Crippen molar-refractivity contribution < 1.29 is 17.9 Å². The average Bonchev–Trinajstić information content (AvgIpc) is 2.96. The molecule has 0 fully saturated rings. The zero-order chi connectivity index (χ0) is 16.4. The first kappa shape index (κ1) is 15.1. The Balaban J connectivity index is 1.83. The highest BCUT2D eigenvalue weighted by Gasteiger charge is 2.37. The number of anilines is 1. The van der Waals surface area contributed by atoms with E-state index in [1.807, 2.05) is 18.2 Å². The molecule has 1 aromatic carbocycles.